The Bertz CT molecular complexity index is 1590. The van der Waals surface area contributed by atoms with Gasteiger partial charge in [-0.1, -0.05) is 44.2 Å². The molecule has 0 aliphatic carbocycles. The molecule has 3 aromatic carbocycles. The summed E-state index contributed by atoms with van der Waals surface area (Å²) in [5.74, 6) is 0. The van der Waals surface area contributed by atoms with Crippen LogP contribution in [0.5, 0.6) is 0 Å². The van der Waals surface area contributed by atoms with Crippen LogP contribution < -0.4 is 4.90 Å². The average molecular weight is 488 g/mol. The minimum absolute atomic E-state index is 0.0793. The van der Waals surface area contributed by atoms with Gasteiger partial charge in [0.1, 0.15) is 7.05 Å². The third-order valence-corrected chi connectivity index (χ3v) is 8.56. The van der Waals surface area contributed by atoms with Crippen molar-refractivity contribution in [2.45, 2.75) is 43.4 Å². The third-order valence-electron chi connectivity index (χ3n) is 7.71. The maximum absolute atomic E-state index is 11.7. The van der Waals surface area contributed by atoms with Gasteiger partial charge in [0.05, 0.1) is 10.3 Å². The SMILES string of the molecule is CN1/C(=C\C=C\C2=[N+](C)c3ccc4ccccc4c3C2(C)C)C(C)(C)c2cc(S(=O)(=O)O)ccc21. The predicted molar refractivity (Wildman–Crippen MR) is 143 cm³/mol. The van der Waals surface area contributed by atoms with Gasteiger partial charge in [0.2, 0.25) is 5.69 Å². The van der Waals surface area contributed by atoms with Crippen molar-refractivity contribution in [3.8, 4) is 0 Å². The van der Waals surface area contributed by atoms with Crippen molar-refractivity contribution in [1.29, 1.82) is 0 Å². The Morgan fingerprint density at radius 3 is 2.40 bits per heavy atom. The molecule has 0 spiro atoms. The Labute approximate surface area is 207 Å². The lowest BCUT2D eigenvalue weighted by Gasteiger charge is -2.23. The van der Waals surface area contributed by atoms with E-state index in [-0.39, 0.29) is 10.3 Å². The van der Waals surface area contributed by atoms with Gasteiger partial charge in [-0.3, -0.25) is 4.55 Å². The predicted octanol–water partition coefficient (Wildman–Crippen LogP) is 5.96. The molecule has 0 bridgehead atoms. The fourth-order valence-electron chi connectivity index (χ4n) is 5.90. The van der Waals surface area contributed by atoms with Crippen LogP contribution in [-0.4, -0.2) is 37.4 Å². The van der Waals surface area contributed by atoms with Crippen molar-refractivity contribution >= 4 is 38.0 Å². The molecule has 2 aliphatic heterocycles. The van der Waals surface area contributed by atoms with Crippen LogP contribution in [0.25, 0.3) is 10.8 Å². The second kappa shape index (κ2) is 7.64. The monoisotopic (exact) mass is 487 g/mol. The molecule has 0 saturated heterocycles. The van der Waals surface area contributed by atoms with Gasteiger partial charge in [0, 0.05) is 41.6 Å². The van der Waals surface area contributed by atoms with Crippen molar-refractivity contribution in [2.24, 2.45) is 0 Å². The Morgan fingerprint density at radius 2 is 1.69 bits per heavy atom. The summed E-state index contributed by atoms with van der Waals surface area (Å²) in [6.07, 6.45) is 6.37. The summed E-state index contributed by atoms with van der Waals surface area (Å²) < 4.78 is 35.2. The van der Waals surface area contributed by atoms with Crippen molar-refractivity contribution in [3.63, 3.8) is 0 Å². The molecular formula is C29H31N2O3S+. The number of benzene rings is 3. The zero-order chi connectivity index (χ0) is 25.3. The first kappa shape index (κ1) is 23.5. The minimum atomic E-state index is -4.26. The largest absolute Gasteiger partial charge is 0.347 e. The normalized spacial score (nSPS) is 19.7. The molecule has 5 nitrogen and oxygen atoms in total. The van der Waals surface area contributed by atoms with Crippen LogP contribution in [0.2, 0.25) is 0 Å². The number of likely N-dealkylation sites (N-methyl/N-ethyl adjacent to an activating group) is 1. The molecule has 0 atom stereocenters. The van der Waals surface area contributed by atoms with Crippen LogP contribution in [0.1, 0.15) is 38.8 Å². The number of rotatable bonds is 3. The number of hydrogen-bond donors (Lipinski definition) is 1. The van der Waals surface area contributed by atoms with Crippen LogP contribution in [0.3, 0.4) is 0 Å². The molecule has 180 valence electrons. The van der Waals surface area contributed by atoms with E-state index in [1.54, 1.807) is 12.1 Å². The second-order valence-electron chi connectivity index (χ2n) is 10.5. The van der Waals surface area contributed by atoms with Crippen molar-refractivity contribution in [3.05, 3.63) is 89.6 Å². The molecule has 5 rings (SSSR count). The summed E-state index contributed by atoms with van der Waals surface area (Å²) in [5, 5.41) is 2.53. The summed E-state index contributed by atoms with van der Waals surface area (Å²) in [6, 6.07) is 17.7. The summed E-state index contributed by atoms with van der Waals surface area (Å²) in [4.78, 5) is 2.01. The number of hydrogen-bond acceptors (Lipinski definition) is 3. The molecule has 3 aromatic rings. The molecular weight excluding hydrogens is 456 g/mol. The molecule has 0 radical (unpaired) electrons. The molecule has 0 aromatic heterocycles. The smallest absolute Gasteiger partial charge is 0.294 e. The highest BCUT2D eigenvalue weighted by Gasteiger charge is 2.44. The van der Waals surface area contributed by atoms with E-state index >= 15 is 0 Å². The molecule has 0 fully saturated rings. The average Bonchev–Trinajstić information content (AvgIpc) is 3.12. The maximum atomic E-state index is 11.7. The lowest BCUT2D eigenvalue weighted by atomic mass is 9.79. The Morgan fingerprint density at radius 1 is 0.971 bits per heavy atom. The van der Waals surface area contributed by atoms with Gasteiger partial charge in [-0.25, -0.2) is 0 Å². The molecule has 35 heavy (non-hydrogen) atoms. The van der Waals surface area contributed by atoms with E-state index in [9.17, 15) is 13.0 Å². The fraction of sp³-hybridized carbons (Fsp3) is 0.276. The Kier molecular flexibility index (Phi) is 5.13. The van der Waals surface area contributed by atoms with Gasteiger partial charge in [-0.2, -0.15) is 13.0 Å². The summed E-state index contributed by atoms with van der Waals surface area (Å²) in [6.45, 7) is 8.69. The molecule has 2 aliphatic rings. The van der Waals surface area contributed by atoms with Crippen LogP contribution in [-0.2, 0) is 20.9 Å². The van der Waals surface area contributed by atoms with Crippen LogP contribution in [0, 0.1) is 0 Å². The fourth-order valence-corrected chi connectivity index (χ4v) is 6.41. The number of nitrogens with zero attached hydrogens (tertiary/aromatic N) is 2. The van der Waals surface area contributed by atoms with Gasteiger partial charge in [-0.15, -0.1) is 0 Å². The zero-order valence-corrected chi connectivity index (χ0v) is 21.8. The van der Waals surface area contributed by atoms with E-state index in [0.717, 1.165) is 16.9 Å². The van der Waals surface area contributed by atoms with Gasteiger partial charge in [0.15, 0.2) is 5.71 Å². The maximum Gasteiger partial charge on any atom is 0.294 e. The minimum Gasteiger partial charge on any atom is -0.347 e. The molecule has 0 unspecified atom stereocenters. The highest BCUT2D eigenvalue weighted by Crippen LogP contribution is 2.48. The lowest BCUT2D eigenvalue weighted by Crippen LogP contribution is -2.27. The summed E-state index contributed by atoms with van der Waals surface area (Å²) in [7, 11) is -0.154. The van der Waals surface area contributed by atoms with Crippen molar-refractivity contribution in [2.75, 3.05) is 19.0 Å². The molecule has 6 heteroatoms. The first-order valence-electron chi connectivity index (χ1n) is 11.7. The molecule has 0 amide bonds. The van der Waals surface area contributed by atoms with E-state index in [1.807, 2.05) is 7.05 Å². The van der Waals surface area contributed by atoms with Gasteiger partial charge >= 0.3 is 0 Å². The van der Waals surface area contributed by atoms with Crippen molar-refractivity contribution in [1.82, 2.24) is 0 Å². The van der Waals surface area contributed by atoms with Crippen LogP contribution in [0.15, 0.2) is 83.4 Å². The highest BCUT2D eigenvalue weighted by atomic mass is 32.2. The Balaban J connectivity index is 1.54. The topological polar surface area (TPSA) is 60.6 Å². The molecule has 1 N–H and O–H groups in total. The third kappa shape index (κ3) is 3.46. The first-order chi connectivity index (χ1) is 16.3. The number of allylic oxidation sites excluding steroid dienone is 4. The standard InChI is InChI=1S/C29H30N2O3S/c1-28(2)22-18-20(35(32,33)34)15-17-23(22)30(5)25(28)12-9-13-26-29(3,4)27-21-11-8-7-10-19(21)14-16-24(27)31(26)6/h7-18H,1-6H3/p+1. The van der Waals surface area contributed by atoms with Gasteiger partial charge in [0.25, 0.3) is 10.1 Å². The molecule has 2 heterocycles. The summed E-state index contributed by atoms with van der Waals surface area (Å²) >= 11 is 0. The lowest BCUT2D eigenvalue weighted by molar-refractivity contribution is -0.401. The van der Waals surface area contributed by atoms with E-state index < -0.39 is 15.5 Å². The number of fused-ring (bicyclic) bond motifs is 4. The van der Waals surface area contributed by atoms with Crippen molar-refractivity contribution < 1.29 is 17.5 Å². The van der Waals surface area contributed by atoms with Crippen LogP contribution in [0.4, 0.5) is 11.4 Å². The van der Waals surface area contributed by atoms with Gasteiger partial charge in [-0.05, 0) is 60.5 Å². The van der Waals surface area contributed by atoms with E-state index in [0.29, 0.717) is 0 Å². The first-order valence-corrected chi connectivity index (χ1v) is 13.2. The summed E-state index contributed by atoms with van der Waals surface area (Å²) in [5.41, 5.74) is 6.06. The number of anilines is 1. The zero-order valence-electron chi connectivity index (χ0n) is 21.0. The van der Waals surface area contributed by atoms with E-state index in [4.69, 9.17) is 0 Å². The second-order valence-corrected chi connectivity index (χ2v) is 11.9. The molecule has 0 saturated carbocycles. The highest BCUT2D eigenvalue weighted by molar-refractivity contribution is 7.85. The van der Waals surface area contributed by atoms with Gasteiger partial charge < -0.3 is 4.90 Å². The van der Waals surface area contributed by atoms with E-state index in [1.165, 1.54) is 33.8 Å². The van der Waals surface area contributed by atoms with E-state index in [2.05, 4.69) is 98.8 Å². The Hall–Kier alpha value is -3.22. The van der Waals surface area contributed by atoms with Crippen LogP contribution >= 0.6 is 0 Å². The quantitative estimate of drug-likeness (QED) is 0.366.